The van der Waals surface area contributed by atoms with Gasteiger partial charge in [-0.1, -0.05) is 11.3 Å². The zero-order chi connectivity index (χ0) is 9.59. The lowest BCUT2D eigenvalue weighted by atomic mass is 10.4. The van der Waals surface area contributed by atoms with Crippen molar-refractivity contribution in [2.24, 2.45) is 5.73 Å². The summed E-state index contributed by atoms with van der Waals surface area (Å²) in [5.74, 6) is 0. The molecule has 2 aromatic heterocycles. The van der Waals surface area contributed by atoms with E-state index in [0.717, 1.165) is 21.4 Å². The van der Waals surface area contributed by atoms with E-state index in [0.29, 0.717) is 0 Å². The number of imidazole rings is 1. The summed E-state index contributed by atoms with van der Waals surface area (Å²) in [6.45, 7) is 5.93. The molecule has 4 nitrogen and oxygen atoms in total. The minimum absolute atomic E-state index is 0. The van der Waals surface area contributed by atoms with Crippen LogP contribution in [-0.4, -0.2) is 14.6 Å². The lowest BCUT2D eigenvalue weighted by Gasteiger charge is -1.95. The Balaban J connectivity index is 0.000000980. The number of nitrogens with zero attached hydrogens (tertiary/aromatic N) is 3. The lowest BCUT2D eigenvalue weighted by Crippen LogP contribution is -2.05. The monoisotopic (exact) mass is 232 g/mol. The van der Waals surface area contributed by atoms with Crippen molar-refractivity contribution >= 4 is 28.7 Å². The maximum absolute atomic E-state index is 5.73. The maximum Gasteiger partial charge on any atom is 0.212 e. The van der Waals surface area contributed by atoms with Gasteiger partial charge in [0.2, 0.25) is 4.96 Å². The summed E-state index contributed by atoms with van der Waals surface area (Å²) < 4.78 is 1.86. The zero-order valence-electron chi connectivity index (χ0n) is 8.31. The van der Waals surface area contributed by atoms with Crippen LogP contribution in [0.2, 0.25) is 0 Å². The molecule has 0 aromatic carbocycles. The van der Waals surface area contributed by atoms with Crippen LogP contribution in [0.25, 0.3) is 4.96 Å². The van der Waals surface area contributed by atoms with Gasteiger partial charge in [0.05, 0.1) is 17.4 Å². The topological polar surface area (TPSA) is 56.2 Å². The lowest BCUT2D eigenvalue weighted by molar-refractivity contribution is 0.762. The molecule has 0 amide bonds. The number of aryl methyl sites for hydroxylation is 2. The second-order valence-corrected chi connectivity index (χ2v) is 4.19. The molecule has 0 saturated carbocycles. The Morgan fingerprint density at radius 2 is 2.07 bits per heavy atom. The van der Waals surface area contributed by atoms with Crippen LogP contribution in [0.1, 0.15) is 29.4 Å². The van der Waals surface area contributed by atoms with E-state index in [1.54, 1.807) is 11.3 Å². The van der Waals surface area contributed by atoms with Crippen LogP contribution in [-0.2, 0) is 0 Å². The van der Waals surface area contributed by atoms with Crippen LogP contribution in [0.3, 0.4) is 0 Å². The van der Waals surface area contributed by atoms with Crippen molar-refractivity contribution in [2.45, 2.75) is 26.8 Å². The second kappa shape index (κ2) is 3.84. The fourth-order valence-electron chi connectivity index (χ4n) is 1.15. The van der Waals surface area contributed by atoms with E-state index in [2.05, 4.69) is 10.1 Å². The zero-order valence-corrected chi connectivity index (χ0v) is 9.95. The number of hydrogen-bond acceptors (Lipinski definition) is 4. The van der Waals surface area contributed by atoms with Gasteiger partial charge < -0.3 is 5.73 Å². The summed E-state index contributed by atoms with van der Waals surface area (Å²) in [7, 11) is 0. The molecule has 6 heteroatoms. The van der Waals surface area contributed by atoms with Gasteiger partial charge in [0.1, 0.15) is 5.01 Å². The Morgan fingerprint density at radius 3 is 2.57 bits per heavy atom. The quantitative estimate of drug-likeness (QED) is 0.817. The average Bonchev–Trinajstić information content (AvgIpc) is 2.55. The Labute approximate surface area is 92.6 Å². The molecule has 78 valence electrons. The minimum Gasteiger partial charge on any atom is -0.322 e. The van der Waals surface area contributed by atoms with Gasteiger partial charge in [0.25, 0.3) is 0 Å². The molecule has 0 saturated heterocycles. The molecule has 0 fully saturated rings. The number of halogens is 1. The number of nitrogens with two attached hydrogens (primary N) is 1. The van der Waals surface area contributed by atoms with Gasteiger partial charge in [0, 0.05) is 0 Å². The van der Waals surface area contributed by atoms with Crippen LogP contribution in [0, 0.1) is 13.8 Å². The first kappa shape index (κ1) is 11.4. The third-order valence-electron chi connectivity index (χ3n) is 2.07. The van der Waals surface area contributed by atoms with E-state index in [9.17, 15) is 0 Å². The Morgan fingerprint density at radius 1 is 1.43 bits per heavy atom. The third kappa shape index (κ3) is 1.63. The third-order valence-corrected chi connectivity index (χ3v) is 3.18. The highest BCUT2D eigenvalue weighted by Gasteiger charge is 2.12. The van der Waals surface area contributed by atoms with Gasteiger partial charge in [-0.3, -0.25) is 0 Å². The molecule has 0 aliphatic rings. The molecule has 0 bridgehead atoms. The Bertz CT molecular complexity index is 445. The summed E-state index contributed by atoms with van der Waals surface area (Å²) in [5.41, 5.74) is 7.86. The van der Waals surface area contributed by atoms with Crippen molar-refractivity contribution in [3.05, 3.63) is 16.4 Å². The molecule has 14 heavy (non-hydrogen) atoms. The largest absolute Gasteiger partial charge is 0.322 e. The van der Waals surface area contributed by atoms with E-state index in [-0.39, 0.29) is 18.4 Å². The van der Waals surface area contributed by atoms with Crippen molar-refractivity contribution in [1.29, 1.82) is 0 Å². The average molecular weight is 233 g/mol. The standard InChI is InChI=1S/C8H12N4S.ClH/c1-4(9)7-11-12-6(3)5(2)10-8(12)13-7;/h4H,9H2,1-3H3;1H. The van der Waals surface area contributed by atoms with E-state index in [4.69, 9.17) is 5.73 Å². The molecule has 2 heterocycles. The van der Waals surface area contributed by atoms with Crippen LogP contribution in [0.4, 0.5) is 0 Å². The molecule has 0 aliphatic carbocycles. The Kier molecular flexibility index (Phi) is 3.14. The highest BCUT2D eigenvalue weighted by molar-refractivity contribution is 7.16. The molecule has 1 atom stereocenters. The van der Waals surface area contributed by atoms with Gasteiger partial charge in [-0.15, -0.1) is 12.4 Å². The van der Waals surface area contributed by atoms with E-state index in [1.165, 1.54) is 0 Å². The molecule has 2 aromatic rings. The van der Waals surface area contributed by atoms with Crippen molar-refractivity contribution < 1.29 is 0 Å². The fourth-order valence-corrected chi connectivity index (χ4v) is 2.09. The van der Waals surface area contributed by atoms with Crippen molar-refractivity contribution in [2.75, 3.05) is 0 Å². The van der Waals surface area contributed by atoms with Gasteiger partial charge in [-0.05, 0) is 20.8 Å². The normalized spacial score (nSPS) is 12.9. The van der Waals surface area contributed by atoms with Gasteiger partial charge >= 0.3 is 0 Å². The van der Waals surface area contributed by atoms with Crippen molar-refractivity contribution in [3.8, 4) is 0 Å². The molecular formula is C8H13ClN4S. The summed E-state index contributed by atoms with van der Waals surface area (Å²) in [5, 5.41) is 5.32. The highest BCUT2D eigenvalue weighted by atomic mass is 35.5. The number of hydrogen-bond donors (Lipinski definition) is 1. The summed E-state index contributed by atoms with van der Waals surface area (Å²) in [6.07, 6.45) is 0. The van der Waals surface area contributed by atoms with Crippen LogP contribution in [0.5, 0.6) is 0 Å². The van der Waals surface area contributed by atoms with Crippen LogP contribution < -0.4 is 5.73 Å². The number of rotatable bonds is 1. The smallest absolute Gasteiger partial charge is 0.212 e. The van der Waals surface area contributed by atoms with Crippen molar-refractivity contribution in [3.63, 3.8) is 0 Å². The second-order valence-electron chi connectivity index (χ2n) is 3.21. The maximum atomic E-state index is 5.73. The molecule has 2 N–H and O–H groups in total. The van der Waals surface area contributed by atoms with Gasteiger partial charge in [-0.25, -0.2) is 9.50 Å². The van der Waals surface area contributed by atoms with E-state index in [1.807, 2.05) is 25.3 Å². The first-order chi connectivity index (χ1) is 6.09. The number of aromatic nitrogens is 3. The van der Waals surface area contributed by atoms with E-state index >= 15 is 0 Å². The predicted octanol–water partition coefficient (Wildman–Crippen LogP) is 1.85. The summed E-state index contributed by atoms with van der Waals surface area (Å²) in [6, 6.07) is -0.00796. The SMILES string of the molecule is Cc1nc2sc(C(C)N)nn2c1C.Cl. The van der Waals surface area contributed by atoms with Crippen molar-refractivity contribution in [1.82, 2.24) is 14.6 Å². The Hall–Kier alpha value is -0.650. The van der Waals surface area contributed by atoms with Crippen LogP contribution in [0.15, 0.2) is 0 Å². The molecule has 0 aliphatic heterocycles. The first-order valence-electron chi connectivity index (χ1n) is 4.18. The fraction of sp³-hybridized carbons (Fsp3) is 0.500. The summed E-state index contributed by atoms with van der Waals surface area (Å²) in [4.78, 5) is 5.31. The van der Waals surface area contributed by atoms with Gasteiger partial charge in [-0.2, -0.15) is 5.10 Å². The van der Waals surface area contributed by atoms with Crippen LogP contribution >= 0.6 is 23.7 Å². The predicted molar refractivity (Wildman–Crippen MR) is 60.2 cm³/mol. The minimum atomic E-state index is -0.00796. The molecule has 0 radical (unpaired) electrons. The molecule has 1 unspecified atom stereocenters. The first-order valence-corrected chi connectivity index (χ1v) is 4.99. The molecular weight excluding hydrogens is 220 g/mol. The van der Waals surface area contributed by atoms with Gasteiger partial charge in [0.15, 0.2) is 0 Å². The highest BCUT2D eigenvalue weighted by Crippen LogP contribution is 2.21. The molecule has 0 spiro atoms. The van der Waals surface area contributed by atoms with E-state index < -0.39 is 0 Å². The summed E-state index contributed by atoms with van der Waals surface area (Å²) >= 11 is 1.56. The number of fused-ring (bicyclic) bond motifs is 1. The molecule has 2 rings (SSSR count).